The fraction of sp³-hybridized carbons (Fsp3) is 0.375. The Morgan fingerprint density at radius 3 is 2.49 bits per heavy atom. The Balaban J connectivity index is 1.81. The minimum atomic E-state index is -5.19. The summed E-state index contributed by atoms with van der Waals surface area (Å²) in [5, 5.41) is 17.2. The number of pyridine rings is 1. The van der Waals surface area contributed by atoms with E-state index in [0.717, 1.165) is 18.2 Å². The quantitative estimate of drug-likeness (QED) is 0.530. The number of aliphatic hydroxyl groups is 1. The second-order valence-corrected chi connectivity index (χ2v) is 9.25. The molecule has 1 atom stereocenters. The highest BCUT2D eigenvalue weighted by Gasteiger charge is 2.57. The zero-order valence-electron chi connectivity index (χ0n) is 19.5. The first kappa shape index (κ1) is 24.6. The van der Waals surface area contributed by atoms with Crippen LogP contribution in [0.2, 0.25) is 0 Å². The van der Waals surface area contributed by atoms with Gasteiger partial charge >= 0.3 is 6.18 Å². The molecule has 4 rings (SSSR count). The van der Waals surface area contributed by atoms with Gasteiger partial charge in [0.15, 0.2) is 0 Å². The number of hydrogen-bond donors (Lipinski definition) is 2. The van der Waals surface area contributed by atoms with E-state index in [4.69, 9.17) is 4.74 Å². The zero-order chi connectivity index (χ0) is 25.8. The van der Waals surface area contributed by atoms with Crippen molar-refractivity contribution in [3.05, 3.63) is 64.9 Å². The molecule has 1 aliphatic heterocycles. The van der Waals surface area contributed by atoms with Crippen LogP contribution in [0.15, 0.2) is 36.5 Å². The second-order valence-electron chi connectivity index (χ2n) is 9.25. The number of carbonyl (C=O) groups is 1. The third-order valence-corrected chi connectivity index (χ3v) is 6.05. The maximum atomic E-state index is 14.3. The van der Waals surface area contributed by atoms with Crippen LogP contribution in [0.5, 0.6) is 5.75 Å². The lowest BCUT2D eigenvalue weighted by Crippen LogP contribution is -2.51. The molecule has 0 fully saturated rings. The predicted molar refractivity (Wildman–Crippen MR) is 118 cm³/mol. The summed E-state index contributed by atoms with van der Waals surface area (Å²) in [4.78, 5) is 16.7. The molecule has 1 aromatic carbocycles. The number of carbonyl (C=O) groups excluding carboxylic acids is 1. The molecule has 2 N–H and O–H groups in total. The minimum absolute atomic E-state index is 0.0418. The van der Waals surface area contributed by atoms with Gasteiger partial charge in [0.05, 0.1) is 30.1 Å². The van der Waals surface area contributed by atoms with Crippen molar-refractivity contribution in [1.29, 1.82) is 0 Å². The summed E-state index contributed by atoms with van der Waals surface area (Å²) in [6.07, 6.45) is -3.81. The predicted octanol–water partition coefficient (Wildman–Crippen LogP) is 3.78. The van der Waals surface area contributed by atoms with Gasteiger partial charge < -0.3 is 15.2 Å². The van der Waals surface area contributed by atoms with Gasteiger partial charge in [-0.1, -0.05) is 13.8 Å². The molecule has 1 amide bonds. The van der Waals surface area contributed by atoms with Crippen molar-refractivity contribution in [2.24, 2.45) is 7.05 Å². The molecule has 2 aromatic heterocycles. The van der Waals surface area contributed by atoms with Gasteiger partial charge in [0.2, 0.25) is 5.60 Å². The third kappa shape index (κ3) is 4.36. The van der Waals surface area contributed by atoms with Crippen molar-refractivity contribution in [1.82, 2.24) is 20.1 Å². The summed E-state index contributed by atoms with van der Waals surface area (Å²) in [6, 6.07) is 6.21. The monoisotopic (exact) mass is 492 g/mol. The van der Waals surface area contributed by atoms with Crippen molar-refractivity contribution in [2.45, 2.75) is 38.0 Å². The molecule has 186 valence electrons. The van der Waals surface area contributed by atoms with Gasteiger partial charge in [-0.25, -0.2) is 9.37 Å². The van der Waals surface area contributed by atoms with Crippen molar-refractivity contribution >= 4 is 5.91 Å². The number of nitrogens with one attached hydrogen (secondary N) is 1. The molecule has 0 spiro atoms. The fourth-order valence-corrected chi connectivity index (χ4v) is 3.99. The standard InChI is InChI=1S/C24H24F4N4O3/c1-13-16(10-32(4)31-13)21(33)29-11-23(34,24(26,27)28)18-9-17-20(35-12-22(17,2)3)19(30-18)14-5-7-15(25)8-6-14/h5-10,34H,11-12H2,1-4H3,(H,29,33)/t23-/m0/s1. The number of amides is 1. The SMILES string of the molecule is Cc1nn(C)cc1C(=O)NC[C@](O)(c1cc2c(c(-c3ccc(F)cc3)n1)OCC2(C)C)C(F)(F)F. The average Bonchev–Trinajstić information content (AvgIpc) is 3.28. The Morgan fingerprint density at radius 1 is 1.26 bits per heavy atom. The van der Waals surface area contributed by atoms with Crippen LogP contribution < -0.4 is 10.1 Å². The van der Waals surface area contributed by atoms with E-state index in [1.165, 1.54) is 23.0 Å². The van der Waals surface area contributed by atoms with Gasteiger partial charge in [0, 0.05) is 29.8 Å². The number of ether oxygens (including phenoxy) is 1. The molecule has 1 aliphatic rings. The Labute approximate surface area is 198 Å². The molecule has 11 heteroatoms. The summed E-state index contributed by atoms with van der Waals surface area (Å²) in [5.41, 5.74) is -3.70. The molecule has 0 bridgehead atoms. The maximum Gasteiger partial charge on any atom is 0.424 e. The van der Waals surface area contributed by atoms with Crippen LogP contribution in [-0.4, -0.2) is 45.1 Å². The number of fused-ring (bicyclic) bond motifs is 1. The summed E-state index contributed by atoms with van der Waals surface area (Å²) in [6.45, 7) is 4.13. The average molecular weight is 492 g/mol. The van der Waals surface area contributed by atoms with Crippen LogP contribution in [0.3, 0.4) is 0 Å². The van der Waals surface area contributed by atoms with E-state index in [0.29, 0.717) is 16.8 Å². The highest BCUT2D eigenvalue weighted by Crippen LogP contribution is 2.47. The topological polar surface area (TPSA) is 89.3 Å². The van der Waals surface area contributed by atoms with Gasteiger partial charge in [-0.2, -0.15) is 18.3 Å². The molecular formula is C24H24F4N4O3. The number of halogens is 4. The fourth-order valence-electron chi connectivity index (χ4n) is 3.99. The maximum absolute atomic E-state index is 14.3. The zero-order valence-corrected chi connectivity index (χ0v) is 19.5. The van der Waals surface area contributed by atoms with Crippen LogP contribution in [0.25, 0.3) is 11.3 Å². The van der Waals surface area contributed by atoms with E-state index in [9.17, 15) is 27.5 Å². The molecule has 0 saturated heterocycles. The minimum Gasteiger partial charge on any atom is -0.490 e. The van der Waals surface area contributed by atoms with Gasteiger partial charge in [0.1, 0.15) is 17.3 Å². The summed E-state index contributed by atoms with van der Waals surface area (Å²) < 4.78 is 63.6. The number of rotatable bonds is 5. The van der Waals surface area contributed by atoms with E-state index in [-0.39, 0.29) is 23.6 Å². The van der Waals surface area contributed by atoms with Gasteiger partial charge in [-0.15, -0.1) is 0 Å². The number of aromatic nitrogens is 3. The summed E-state index contributed by atoms with van der Waals surface area (Å²) in [7, 11) is 1.57. The van der Waals surface area contributed by atoms with Crippen molar-refractivity contribution in [2.75, 3.05) is 13.2 Å². The summed E-state index contributed by atoms with van der Waals surface area (Å²) in [5.74, 6) is -1.07. The second kappa shape index (κ2) is 8.33. The first-order chi connectivity index (χ1) is 16.2. The van der Waals surface area contributed by atoms with Crippen LogP contribution >= 0.6 is 0 Å². The normalized spacial score (nSPS) is 16.4. The lowest BCUT2D eigenvalue weighted by molar-refractivity contribution is -0.265. The lowest BCUT2D eigenvalue weighted by Gasteiger charge is -2.31. The summed E-state index contributed by atoms with van der Waals surface area (Å²) >= 11 is 0. The molecule has 0 unspecified atom stereocenters. The molecule has 3 aromatic rings. The Kier molecular flexibility index (Phi) is 5.87. The van der Waals surface area contributed by atoms with E-state index in [1.807, 2.05) is 0 Å². The van der Waals surface area contributed by atoms with Crippen LogP contribution in [0, 0.1) is 12.7 Å². The number of hydrogen-bond acceptors (Lipinski definition) is 5. The highest BCUT2D eigenvalue weighted by molar-refractivity contribution is 5.95. The lowest BCUT2D eigenvalue weighted by atomic mass is 9.84. The number of aryl methyl sites for hydroxylation is 2. The smallest absolute Gasteiger partial charge is 0.424 e. The first-order valence-corrected chi connectivity index (χ1v) is 10.8. The van der Waals surface area contributed by atoms with Gasteiger partial charge in [-0.05, 0) is 37.3 Å². The number of alkyl halides is 3. The molecule has 0 saturated carbocycles. The first-order valence-electron chi connectivity index (χ1n) is 10.8. The Hall–Kier alpha value is -3.47. The van der Waals surface area contributed by atoms with E-state index in [2.05, 4.69) is 15.4 Å². The van der Waals surface area contributed by atoms with Gasteiger partial charge in [0.25, 0.3) is 5.91 Å². The highest BCUT2D eigenvalue weighted by atomic mass is 19.4. The molecule has 0 aliphatic carbocycles. The Morgan fingerprint density at radius 2 is 1.91 bits per heavy atom. The number of benzene rings is 1. The van der Waals surface area contributed by atoms with Crippen molar-refractivity contribution in [3.8, 4) is 17.0 Å². The van der Waals surface area contributed by atoms with Crippen LogP contribution in [-0.2, 0) is 18.1 Å². The largest absolute Gasteiger partial charge is 0.490 e. The Bertz CT molecular complexity index is 1290. The van der Waals surface area contributed by atoms with Crippen molar-refractivity contribution in [3.63, 3.8) is 0 Å². The van der Waals surface area contributed by atoms with E-state index >= 15 is 0 Å². The molecule has 3 heterocycles. The van der Waals surface area contributed by atoms with Crippen LogP contribution in [0.4, 0.5) is 17.6 Å². The van der Waals surface area contributed by atoms with Gasteiger partial charge in [-0.3, -0.25) is 9.48 Å². The molecule has 0 radical (unpaired) electrons. The molecule has 7 nitrogen and oxygen atoms in total. The van der Waals surface area contributed by atoms with E-state index in [1.54, 1.807) is 27.8 Å². The van der Waals surface area contributed by atoms with E-state index < -0.39 is 41.2 Å². The van der Waals surface area contributed by atoms with Crippen LogP contribution in [0.1, 0.15) is 41.2 Å². The molecular weight excluding hydrogens is 468 g/mol. The molecule has 35 heavy (non-hydrogen) atoms. The van der Waals surface area contributed by atoms with Crippen molar-refractivity contribution < 1.29 is 32.2 Å². The third-order valence-electron chi connectivity index (χ3n) is 6.05. The number of nitrogens with zero attached hydrogens (tertiary/aromatic N) is 3.